The Bertz CT molecular complexity index is 2770. The summed E-state index contributed by atoms with van der Waals surface area (Å²) in [5, 5.41) is 5.34. The third-order valence-corrected chi connectivity index (χ3v) is 12.7. The Morgan fingerprint density at radius 3 is 2.00 bits per heavy atom. The minimum absolute atomic E-state index is 0.0955. The number of ether oxygens (including phenoxy) is 2. The van der Waals surface area contributed by atoms with Gasteiger partial charge >= 0.3 is 12.2 Å². The molecule has 2 fully saturated rings. The number of imidazole rings is 2. The first kappa shape index (κ1) is 42.2. The van der Waals surface area contributed by atoms with Crippen LogP contribution in [0.5, 0.6) is 0 Å². The Morgan fingerprint density at radius 2 is 1.33 bits per heavy atom. The highest BCUT2D eigenvalue weighted by molar-refractivity contribution is 5.89. The molecule has 16 heteroatoms. The molecule has 64 heavy (non-hydrogen) atoms. The van der Waals surface area contributed by atoms with E-state index in [-0.39, 0.29) is 34.9 Å². The topological polar surface area (TPSA) is 175 Å². The predicted molar refractivity (Wildman–Crippen MR) is 234 cm³/mol. The Balaban J connectivity index is 0.938. The molecule has 4 amide bonds. The Labute approximate surface area is 367 Å². The van der Waals surface area contributed by atoms with Gasteiger partial charge in [0.15, 0.2) is 0 Å². The summed E-state index contributed by atoms with van der Waals surface area (Å²) in [5.74, 6) is -2.84. The first-order valence-corrected chi connectivity index (χ1v) is 21.4. The van der Waals surface area contributed by atoms with Crippen LogP contribution in [-0.2, 0) is 25.0 Å². The molecule has 0 radical (unpaired) electrons. The van der Waals surface area contributed by atoms with E-state index in [1.165, 1.54) is 20.3 Å². The zero-order valence-electron chi connectivity index (χ0n) is 35.8. The van der Waals surface area contributed by atoms with Crippen LogP contribution in [0.15, 0.2) is 91.1 Å². The standard InChI is InChI=1S/C48H48F2N8O6/c1-26(2)40(55-46(61)63-3)44(59)58-21-9-13-39(58)43-52-35-19-16-29(24-36(35)53-43)28-14-17-31-32-18-15-30(23-34(32)48(49,50)33(31)22-28)37-25-51-42(54-37)38-12-8-20-57(38)45(60)41(56-47(62)64-4)27-10-6-5-7-11-27/h5-7,10-11,14-19,22-26,38-41H,8-9,12-13,20-21H2,1-4H3,(H,51,54)(H,52,53)(H,55,61)(H,56,62)/t38-,39?,40-,41+/m0/s1. The summed E-state index contributed by atoms with van der Waals surface area (Å²) in [6.45, 7) is 4.70. The van der Waals surface area contributed by atoms with Crippen LogP contribution in [0, 0.1) is 5.92 Å². The lowest BCUT2D eigenvalue weighted by atomic mass is 9.98. The number of benzene rings is 4. The highest BCUT2D eigenvalue weighted by Crippen LogP contribution is 2.53. The average Bonchev–Trinajstić information content (AvgIpc) is 4.17. The van der Waals surface area contributed by atoms with Gasteiger partial charge in [0.05, 0.1) is 49.2 Å². The normalized spacial score (nSPS) is 18.4. The van der Waals surface area contributed by atoms with Crippen LogP contribution < -0.4 is 10.6 Å². The number of nitrogens with one attached hydrogen (secondary N) is 4. The molecule has 2 aromatic heterocycles. The zero-order valence-corrected chi connectivity index (χ0v) is 35.8. The van der Waals surface area contributed by atoms with Crippen molar-refractivity contribution in [2.45, 2.75) is 69.6 Å². The van der Waals surface area contributed by atoms with Gasteiger partial charge < -0.3 is 39.9 Å². The number of carbonyl (C=O) groups is 4. The van der Waals surface area contributed by atoms with Crippen molar-refractivity contribution in [2.75, 3.05) is 27.3 Å². The van der Waals surface area contributed by atoms with E-state index in [1.807, 2.05) is 44.2 Å². The largest absolute Gasteiger partial charge is 0.453 e. The van der Waals surface area contributed by atoms with Gasteiger partial charge in [-0.2, -0.15) is 8.78 Å². The van der Waals surface area contributed by atoms with Gasteiger partial charge in [0.1, 0.15) is 23.7 Å². The number of likely N-dealkylation sites (tertiary alicyclic amines) is 2. The highest BCUT2D eigenvalue weighted by Gasteiger charge is 2.45. The van der Waals surface area contributed by atoms with E-state index in [4.69, 9.17) is 14.5 Å². The minimum Gasteiger partial charge on any atom is -0.453 e. The van der Waals surface area contributed by atoms with Crippen molar-refractivity contribution in [3.8, 4) is 33.5 Å². The van der Waals surface area contributed by atoms with Gasteiger partial charge in [-0.3, -0.25) is 9.59 Å². The van der Waals surface area contributed by atoms with Gasteiger partial charge in [0.25, 0.3) is 11.8 Å². The van der Waals surface area contributed by atoms with Gasteiger partial charge in [-0.1, -0.05) is 74.5 Å². The molecule has 0 spiro atoms. The lowest BCUT2D eigenvalue weighted by Gasteiger charge is -2.29. The molecule has 6 aromatic rings. The lowest BCUT2D eigenvalue weighted by Crippen LogP contribution is -2.51. The van der Waals surface area contributed by atoms with Gasteiger partial charge in [0.2, 0.25) is 5.91 Å². The molecule has 0 saturated carbocycles. The number of amides is 4. The van der Waals surface area contributed by atoms with E-state index in [0.29, 0.717) is 88.5 Å². The molecule has 0 bridgehead atoms. The monoisotopic (exact) mass is 870 g/mol. The predicted octanol–water partition coefficient (Wildman–Crippen LogP) is 8.55. The molecule has 4 N–H and O–H groups in total. The molecule has 4 atom stereocenters. The van der Waals surface area contributed by atoms with Gasteiger partial charge in [-0.05, 0) is 83.7 Å². The van der Waals surface area contributed by atoms with Crippen molar-refractivity contribution in [2.24, 2.45) is 5.92 Å². The summed E-state index contributed by atoms with van der Waals surface area (Å²) in [6, 6.07) is 22.2. The van der Waals surface area contributed by atoms with Crippen LogP contribution >= 0.6 is 0 Å². The number of hydrogen-bond acceptors (Lipinski definition) is 8. The van der Waals surface area contributed by atoms with Crippen LogP contribution in [0.2, 0.25) is 0 Å². The van der Waals surface area contributed by atoms with Crippen molar-refractivity contribution in [3.63, 3.8) is 0 Å². The fraction of sp³-hybridized carbons (Fsp3) is 0.333. The van der Waals surface area contributed by atoms with Gasteiger partial charge in [-0.25, -0.2) is 19.6 Å². The van der Waals surface area contributed by atoms with Crippen LogP contribution in [-0.4, -0.2) is 87.1 Å². The van der Waals surface area contributed by atoms with Crippen molar-refractivity contribution in [1.82, 2.24) is 40.4 Å². The fourth-order valence-corrected chi connectivity index (χ4v) is 9.37. The van der Waals surface area contributed by atoms with Gasteiger partial charge in [-0.15, -0.1) is 0 Å². The van der Waals surface area contributed by atoms with Crippen LogP contribution in [0.25, 0.3) is 44.5 Å². The summed E-state index contributed by atoms with van der Waals surface area (Å²) in [6.07, 6.45) is 3.01. The molecule has 4 aromatic carbocycles. The van der Waals surface area contributed by atoms with E-state index in [0.717, 1.165) is 12.0 Å². The number of hydrogen-bond donors (Lipinski definition) is 4. The van der Waals surface area contributed by atoms with Gasteiger partial charge in [0, 0.05) is 29.8 Å². The number of aromatic nitrogens is 4. The van der Waals surface area contributed by atoms with Crippen molar-refractivity contribution in [3.05, 3.63) is 119 Å². The molecule has 2 saturated heterocycles. The molecule has 2 aliphatic heterocycles. The summed E-state index contributed by atoms with van der Waals surface area (Å²) < 4.78 is 42.7. The number of methoxy groups -OCH3 is 2. The number of fused-ring (bicyclic) bond motifs is 4. The maximum Gasteiger partial charge on any atom is 0.407 e. The molecular weight excluding hydrogens is 823 g/mol. The molecular formula is C48H48F2N8O6. The average molecular weight is 871 g/mol. The fourth-order valence-electron chi connectivity index (χ4n) is 9.37. The number of H-pyrrole nitrogens is 2. The summed E-state index contributed by atoms with van der Waals surface area (Å²) in [7, 11) is 2.50. The highest BCUT2D eigenvalue weighted by atomic mass is 19.3. The smallest absolute Gasteiger partial charge is 0.407 e. The number of halogens is 2. The number of alkyl halides is 2. The number of carbonyl (C=O) groups excluding carboxylic acids is 4. The Morgan fingerprint density at radius 1 is 0.734 bits per heavy atom. The SMILES string of the molecule is COC(=O)N[C@H](C(=O)N1CCCC1c1nc2ccc(-c3ccc4c(c3)C(F)(F)c3cc(-c5cnc([C@@H]6CCCN6C(=O)[C@H](NC(=O)OC)c6ccccc6)[nH]5)ccc3-4)cc2[nH]1)C(C)C. The number of nitrogens with zero attached hydrogens (tertiary/aromatic N) is 4. The first-order valence-electron chi connectivity index (χ1n) is 21.4. The van der Waals surface area contributed by atoms with Crippen molar-refractivity contribution >= 4 is 35.0 Å². The van der Waals surface area contributed by atoms with Crippen LogP contribution in [0.1, 0.15) is 86.0 Å². The summed E-state index contributed by atoms with van der Waals surface area (Å²) in [4.78, 5) is 71.6. The molecule has 1 unspecified atom stereocenters. The summed E-state index contributed by atoms with van der Waals surface area (Å²) in [5.41, 5.74) is 5.07. The molecule has 330 valence electrons. The van der Waals surface area contributed by atoms with Crippen molar-refractivity contribution in [1.29, 1.82) is 0 Å². The van der Waals surface area contributed by atoms with Crippen molar-refractivity contribution < 1.29 is 37.4 Å². The molecule has 14 nitrogen and oxygen atoms in total. The first-order chi connectivity index (χ1) is 30.9. The quantitative estimate of drug-likeness (QED) is 0.106. The lowest BCUT2D eigenvalue weighted by molar-refractivity contribution is -0.135. The molecule has 3 aliphatic rings. The van der Waals surface area contributed by atoms with E-state index in [1.54, 1.807) is 64.5 Å². The third kappa shape index (κ3) is 7.60. The number of alkyl carbamates (subject to hydrolysis) is 2. The number of rotatable bonds is 10. The number of aromatic amines is 2. The second-order valence-corrected chi connectivity index (χ2v) is 16.8. The van der Waals surface area contributed by atoms with E-state index in [9.17, 15) is 19.2 Å². The zero-order chi connectivity index (χ0) is 44.9. The maximum atomic E-state index is 16.6. The van der Waals surface area contributed by atoms with E-state index in [2.05, 4.69) is 25.6 Å². The van der Waals surface area contributed by atoms with Crippen LogP contribution in [0.4, 0.5) is 18.4 Å². The second-order valence-electron chi connectivity index (χ2n) is 16.8. The molecule has 9 rings (SSSR count). The Hall–Kier alpha value is -7.10. The second kappa shape index (κ2) is 16.9. The van der Waals surface area contributed by atoms with E-state index < -0.39 is 36.2 Å². The third-order valence-electron chi connectivity index (χ3n) is 12.7. The maximum absolute atomic E-state index is 16.6. The Kier molecular flexibility index (Phi) is 11.1. The summed E-state index contributed by atoms with van der Waals surface area (Å²) >= 11 is 0. The molecule has 4 heterocycles. The molecule has 1 aliphatic carbocycles. The van der Waals surface area contributed by atoms with E-state index >= 15 is 8.78 Å². The minimum atomic E-state index is -3.30. The van der Waals surface area contributed by atoms with Crippen LogP contribution in [0.3, 0.4) is 0 Å².